The molecule has 2 N–H and O–H groups in total. The molecule has 2 atom stereocenters. The summed E-state index contributed by atoms with van der Waals surface area (Å²) in [5.41, 5.74) is 1.07. The minimum Gasteiger partial charge on any atom is -0.355 e. The number of likely N-dealkylation sites (tertiary alicyclic amines) is 1. The van der Waals surface area contributed by atoms with E-state index in [4.69, 9.17) is 5.26 Å². The summed E-state index contributed by atoms with van der Waals surface area (Å²) in [4.78, 5) is 27.3. The lowest BCUT2D eigenvalue weighted by atomic mass is 10.1. The Bertz CT molecular complexity index is 704. The average Bonchev–Trinajstić information content (AvgIpc) is 3.32. The number of nitriles is 1. The van der Waals surface area contributed by atoms with E-state index in [1.54, 1.807) is 24.3 Å². The molecule has 3 rings (SSSR count). The van der Waals surface area contributed by atoms with E-state index < -0.39 is 0 Å². The summed E-state index contributed by atoms with van der Waals surface area (Å²) in [6, 6.07) is 8.47. The van der Waals surface area contributed by atoms with Gasteiger partial charge < -0.3 is 10.6 Å². The molecule has 27 heavy (non-hydrogen) atoms. The number of carbonyl (C=O) groups is 2. The number of carbonyl (C=O) groups excluding carboxylic acids is 2. The molecule has 2 aliphatic rings. The third kappa shape index (κ3) is 4.86. The highest BCUT2D eigenvalue weighted by Gasteiger charge is 2.38. The van der Waals surface area contributed by atoms with Gasteiger partial charge in [0.05, 0.1) is 17.7 Å². The highest BCUT2D eigenvalue weighted by Crippen LogP contribution is 2.29. The maximum Gasteiger partial charge on any atom is 0.251 e. The number of amides is 2. The second-order valence-electron chi connectivity index (χ2n) is 7.61. The van der Waals surface area contributed by atoms with Crippen LogP contribution in [0.2, 0.25) is 0 Å². The van der Waals surface area contributed by atoms with E-state index in [0.29, 0.717) is 36.6 Å². The van der Waals surface area contributed by atoms with Gasteiger partial charge in [-0.15, -0.1) is 0 Å². The predicted octanol–water partition coefficient (Wildman–Crippen LogP) is 2.06. The van der Waals surface area contributed by atoms with Gasteiger partial charge in [0.15, 0.2) is 0 Å². The number of hydrogen-bond donors (Lipinski definition) is 2. The summed E-state index contributed by atoms with van der Waals surface area (Å²) in [5, 5.41) is 14.9. The fourth-order valence-electron chi connectivity index (χ4n) is 4.26. The molecule has 1 aliphatic carbocycles. The molecule has 1 aliphatic heterocycles. The van der Waals surface area contributed by atoms with Crippen LogP contribution in [0.15, 0.2) is 24.3 Å². The van der Waals surface area contributed by atoms with Crippen LogP contribution in [0.3, 0.4) is 0 Å². The highest BCUT2D eigenvalue weighted by molar-refractivity contribution is 5.94. The Balaban J connectivity index is 1.63. The molecule has 0 bridgehead atoms. The number of nitrogens with one attached hydrogen (secondary N) is 2. The van der Waals surface area contributed by atoms with Gasteiger partial charge in [0.25, 0.3) is 5.91 Å². The number of hydrogen-bond acceptors (Lipinski definition) is 4. The Morgan fingerprint density at radius 1 is 1.22 bits per heavy atom. The van der Waals surface area contributed by atoms with Crippen molar-refractivity contribution in [1.82, 2.24) is 15.5 Å². The molecule has 2 amide bonds. The molecule has 6 heteroatoms. The van der Waals surface area contributed by atoms with Gasteiger partial charge in [0.1, 0.15) is 0 Å². The molecule has 144 valence electrons. The van der Waals surface area contributed by atoms with Gasteiger partial charge in [-0.3, -0.25) is 14.5 Å². The van der Waals surface area contributed by atoms with Crippen LogP contribution in [-0.2, 0) is 4.79 Å². The molecule has 0 unspecified atom stereocenters. The molecule has 1 saturated carbocycles. The van der Waals surface area contributed by atoms with Crippen molar-refractivity contribution in [2.45, 2.75) is 51.1 Å². The van der Waals surface area contributed by atoms with Crippen LogP contribution < -0.4 is 10.6 Å². The zero-order chi connectivity index (χ0) is 19.2. The summed E-state index contributed by atoms with van der Waals surface area (Å²) < 4.78 is 0. The summed E-state index contributed by atoms with van der Waals surface area (Å²) >= 11 is 0. The van der Waals surface area contributed by atoms with Crippen molar-refractivity contribution >= 4 is 11.8 Å². The van der Waals surface area contributed by atoms with Crippen molar-refractivity contribution in [3.63, 3.8) is 0 Å². The maximum atomic E-state index is 12.5. The smallest absolute Gasteiger partial charge is 0.251 e. The second kappa shape index (κ2) is 9.01. The van der Waals surface area contributed by atoms with Crippen LogP contribution in [0.5, 0.6) is 0 Å². The SMILES string of the molecule is CCNC(=O)[C@@H]1C[C@H](NC(=O)c2ccc(C#N)cc2)CN1CC1CCCC1. The van der Waals surface area contributed by atoms with Crippen molar-refractivity contribution in [1.29, 1.82) is 5.26 Å². The third-order valence-corrected chi connectivity index (χ3v) is 5.64. The van der Waals surface area contributed by atoms with E-state index >= 15 is 0 Å². The fraction of sp³-hybridized carbons (Fsp3) is 0.571. The minimum atomic E-state index is -0.170. The normalized spacial score (nSPS) is 23.1. The Kier molecular flexibility index (Phi) is 6.46. The van der Waals surface area contributed by atoms with Gasteiger partial charge in [0, 0.05) is 31.2 Å². The van der Waals surface area contributed by atoms with E-state index in [2.05, 4.69) is 21.6 Å². The lowest BCUT2D eigenvalue weighted by molar-refractivity contribution is -0.125. The molecular weight excluding hydrogens is 340 g/mol. The Morgan fingerprint density at radius 2 is 1.93 bits per heavy atom. The van der Waals surface area contributed by atoms with E-state index in [1.807, 2.05) is 6.92 Å². The molecule has 0 radical (unpaired) electrons. The van der Waals surface area contributed by atoms with Gasteiger partial charge in [-0.05, 0) is 56.4 Å². The summed E-state index contributed by atoms with van der Waals surface area (Å²) in [5.74, 6) is 0.572. The largest absolute Gasteiger partial charge is 0.355 e. The van der Waals surface area contributed by atoms with Crippen LogP contribution in [0, 0.1) is 17.2 Å². The highest BCUT2D eigenvalue weighted by atomic mass is 16.2. The van der Waals surface area contributed by atoms with Crippen LogP contribution in [0.25, 0.3) is 0 Å². The zero-order valence-electron chi connectivity index (χ0n) is 15.9. The second-order valence-corrected chi connectivity index (χ2v) is 7.61. The number of rotatable bonds is 6. The lowest BCUT2D eigenvalue weighted by Crippen LogP contribution is -2.44. The Morgan fingerprint density at radius 3 is 2.56 bits per heavy atom. The van der Waals surface area contributed by atoms with Crippen LogP contribution in [0.1, 0.15) is 54.9 Å². The van der Waals surface area contributed by atoms with E-state index in [1.165, 1.54) is 25.7 Å². The number of nitrogens with zero attached hydrogens (tertiary/aromatic N) is 2. The van der Waals surface area contributed by atoms with Gasteiger partial charge in [-0.25, -0.2) is 0 Å². The quantitative estimate of drug-likeness (QED) is 0.805. The van der Waals surface area contributed by atoms with E-state index in [-0.39, 0.29) is 23.9 Å². The van der Waals surface area contributed by atoms with Gasteiger partial charge in [0.2, 0.25) is 5.91 Å². The van der Waals surface area contributed by atoms with E-state index in [9.17, 15) is 9.59 Å². The monoisotopic (exact) mass is 368 g/mol. The topological polar surface area (TPSA) is 85.2 Å². The Hall–Kier alpha value is -2.39. The van der Waals surface area contributed by atoms with Crippen LogP contribution in [-0.4, -0.2) is 48.4 Å². The lowest BCUT2D eigenvalue weighted by Gasteiger charge is -2.26. The molecular formula is C21H28N4O2. The van der Waals surface area contributed by atoms with Crippen LogP contribution in [0.4, 0.5) is 0 Å². The molecule has 0 spiro atoms. The van der Waals surface area contributed by atoms with Crippen molar-refractivity contribution in [3.05, 3.63) is 35.4 Å². The summed E-state index contributed by atoms with van der Waals surface area (Å²) in [7, 11) is 0. The third-order valence-electron chi connectivity index (χ3n) is 5.64. The Labute approximate surface area is 160 Å². The first-order valence-corrected chi connectivity index (χ1v) is 9.93. The molecule has 1 aromatic carbocycles. The first-order chi connectivity index (χ1) is 13.1. The molecule has 2 fully saturated rings. The molecule has 1 saturated heterocycles. The van der Waals surface area contributed by atoms with Crippen molar-refractivity contribution in [2.24, 2.45) is 5.92 Å². The van der Waals surface area contributed by atoms with Gasteiger partial charge in [-0.2, -0.15) is 5.26 Å². The number of benzene rings is 1. The maximum absolute atomic E-state index is 12.5. The van der Waals surface area contributed by atoms with Crippen LogP contribution >= 0.6 is 0 Å². The molecule has 1 heterocycles. The first kappa shape index (κ1) is 19.4. The van der Waals surface area contributed by atoms with Crippen molar-refractivity contribution in [2.75, 3.05) is 19.6 Å². The van der Waals surface area contributed by atoms with Gasteiger partial charge in [-0.1, -0.05) is 12.8 Å². The molecule has 6 nitrogen and oxygen atoms in total. The molecule has 0 aromatic heterocycles. The van der Waals surface area contributed by atoms with E-state index in [0.717, 1.165) is 6.54 Å². The fourth-order valence-corrected chi connectivity index (χ4v) is 4.26. The predicted molar refractivity (Wildman–Crippen MR) is 103 cm³/mol. The molecule has 1 aromatic rings. The number of likely N-dealkylation sites (N-methyl/N-ethyl adjacent to an activating group) is 1. The average molecular weight is 368 g/mol. The standard InChI is InChI=1S/C21H28N4O2/c1-2-23-21(27)19-11-18(14-25(19)13-16-5-3-4-6-16)24-20(26)17-9-7-15(12-22)8-10-17/h7-10,16,18-19H,2-6,11,13-14H2,1H3,(H,23,27)(H,24,26)/t18-,19-/m0/s1. The summed E-state index contributed by atoms with van der Waals surface area (Å²) in [6.07, 6.45) is 5.68. The minimum absolute atomic E-state index is 0.0397. The van der Waals surface area contributed by atoms with Gasteiger partial charge >= 0.3 is 0 Å². The first-order valence-electron chi connectivity index (χ1n) is 9.93. The summed E-state index contributed by atoms with van der Waals surface area (Å²) in [6.45, 7) is 4.19. The van der Waals surface area contributed by atoms with Crippen molar-refractivity contribution in [3.8, 4) is 6.07 Å². The zero-order valence-corrected chi connectivity index (χ0v) is 15.9. The van der Waals surface area contributed by atoms with Crippen molar-refractivity contribution < 1.29 is 9.59 Å².